The van der Waals surface area contributed by atoms with Gasteiger partial charge in [-0.3, -0.25) is 14.4 Å². The standard InChI is InChI=1S/C26H35NO6/c1-14-13-25-9-6-17(14)12-18(25)26-8-5-7-24(4)20(26)19(32-16(3)29)21(25)33-23(26)27(22(24)30)10-11-31-15(2)28/h17-21,23H,1,5-13H2,2-4H3/t17-,18+,19-,20+,21+,23+,24+,25+,26+/m0/s1. The van der Waals surface area contributed by atoms with Gasteiger partial charge in [0.25, 0.3) is 0 Å². The van der Waals surface area contributed by atoms with Crippen LogP contribution in [0.5, 0.6) is 0 Å². The van der Waals surface area contributed by atoms with Crippen molar-refractivity contribution in [3.8, 4) is 0 Å². The molecular weight excluding hydrogens is 422 g/mol. The molecule has 8 aliphatic rings. The summed E-state index contributed by atoms with van der Waals surface area (Å²) in [7, 11) is 0. The number of hydrogen-bond acceptors (Lipinski definition) is 6. The van der Waals surface area contributed by atoms with Gasteiger partial charge < -0.3 is 19.1 Å². The lowest BCUT2D eigenvalue weighted by atomic mass is 9.32. The first-order valence-electron chi connectivity index (χ1n) is 12.6. The first kappa shape index (κ1) is 21.6. The van der Waals surface area contributed by atoms with Gasteiger partial charge in [0, 0.05) is 30.6 Å². The normalized spacial score (nSPS) is 49.0. The molecule has 0 aromatic rings. The van der Waals surface area contributed by atoms with E-state index in [4.69, 9.17) is 14.2 Å². The Morgan fingerprint density at radius 2 is 2.00 bits per heavy atom. The van der Waals surface area contributed by atoms with Crippen LogP contribution in [0.4, 0.5) is 0 Å². The Hall–Kier alpha value is -1.89. The van der Waals surface area contributed by atoms with Gasteiger partial charge in [0.15, 0.2) is 0 Å². The number of esters is 2. The predicted molar refractivity (Wildman–Crippen MR) is 117 cm³/mol. The molecule has 1 amide bonds. The smallest absolute Gasteiger partial charge is 0.303 e. The first-order valence-corrected chi connectivity index (χ1v) is 12.6. The van der Waals surface area contributed by atoms with Crippen LogP contribution >= 0.6 is 0 Å². The molecule has 3 aliphatic heterocycles. The Balaban J connectivity index is 1.49. The summed E-state index contributed by atoms with van der Waals surface area (Å²) in [5.74, 6) is 0.344. The zero-order valence-corrected chi connectivity index (χ0v) is 19.9. The highest BCUT2D eigenvalue weighted by atomic mass is 16.6. The minimum Gasteiger partial charge on any atom is -0.464 e. The molecule has 180 valence electrons. The van der Waals surface area contributed by atoms with Crippen molar-refractivity contribution in [2.24, 2.45) is 34.0 Å². The highest BCUT2D eigenvalue weighted by Gasteiger charge is 2.82. The molecule has 0 N–H and O–H groups in total. The van der Waals surface area contributed by atoms with E-state index in [2.05, 4.69) is 13.5 Å². The minimum atomic E-state index is -0.609. The Morgan fingerprint density at radius 1 is 1.21 bits per heavy atom. The number of nitrogens with zero attached hydrogens (tertiary/aromatic N) is 1. The number of hydrogen-bond donors (Lipinski definition) is 0. The average Bonchev–Trinajstić information content (AvgIpc) is 2.75. The molecule has 0 aromatic heterocycles. The summed E-state index contributed by atoms with van der Waals surface area (Å²) in [4.78, 5) is 39.6. The van der Waals surface area contributed by atoms with E-state index in [1.807, 2.05) is 4.90 Å². The minimum absolute atomic E-state index is 0.0351. The van der Waals surface area contributed by atoms with Crippen molar-refractivity contribution in [1.82, 2.24) is 4.90 Å². The SMILES string of the molecule is C=C1C[C@]23CC[C@H]1C[C@H]2[C@@]12CCC[C@@]4(C)C(=O)N(CCOC(C)=O)[C@@H]1O[C@@H]3[C@@H](OC(C)=O)[C@@H]24. The Morgan fingerprint density at radius 3 is 2.70 bits per heavy atom. The Bertz CT molecular complexity index is 947. The van der Waals surface area contributed by atoms with Crippen molar-refractivity contribution >= 4 is 17.8 Å². The molecule has 0 radical (unpaired) electrons. The molecule has 33 heavy (non-hydrogen) atoms. The third-order valence-electron chi connectivity index (χ3n) is 10.4. The van der Waals surface area contributed by atoms with Crippen LogP contribution in [-0.2, 0) is 28.6 Å². The summed E-state index contributed by atoms with van der Waals surface area (Å²) in [5, 5.41) is 0. The highest BCUT2D eigenvalue weighted by molar-refractivity contribution is 5.85. The largest absolute Gasteiger partial charge is 0.464 e. The van der Waals surface area contributed by atoms with E-state index >= 15 is 0 Å². The van der Waals surface area contributed by atoms with E-state index in [0.29, 0.717) is 18.4 Å². The molecule has 9 atom stereocenters. The van der Waals surface area contributed by atoms with Gasteiger partial charge in [-0.1, -0.05) is 25.5 Å². The summed E-state index contributed by atoms with van der Waals surface area (Å²) >= 11 is 0. The number of amides is 1. The summed E-state index contributed by atoms with van der Waals surface area (Å²) in [5.41, 5.74) is 0.394. The van der Waals surface area contributed by atoms with Crippen molar-refractivity contribution in [3.05, 3.63) is 12.2 Å². The molecule has 2 spiro atoms. The number of carbonyl (C=O) groups excluding carboxylic acids is 3. The van der Waals surface area contributed by atoms with Crippen molar-refractivity contribution in [2.45, 2.75) is 84.2 Å². The van der Waals surface area contributed by atoms with Crippen LogP contribution in [0.25, 0.3) is 0 Å². The summed E-state index contributed by atoms with van der Waals surface area (Å²) in [6.45, 7) is 9.88. The molecular formula is C26H35NO6. The summed E-state index contributed by atoms with van der Waals surface area (Å²) < 4.78 is 18.2. The van der Waals surface area contributed by atoms with Crippen molar-refractivity contribution in [2.75, 3.05) is 13.2 Å². The molecule has 5 aliphatic carbocycles. The molecule has 7 nitrogen and oxygen atoms in total. The van der Waals surface area contributed by atoms with Crippen molar-refractivity contribution in [1.29, 1.82) is 0 Å². The topological polar surface area (TPSA) is 82.1 Å². The number of likely N-dealkylation sites (tertiary alicyclic amines) is 1. The van der Waals surface area contributed by atoms with E-state index < -0.39 is 11.5 Å². The lowest BCUT2D eigenvalue weighted by molar-refractivity contribution is -0.407. The third-order valence-corrected chi connectivity index (χ3v) is 10.4. The van der Waals surface area contributed by atoms with Crippen LogP contribution in [0.3, 0.4) is 0 Å². The number of rotatable bonds is 4. The Kier molecular flexibility index (Phi) is 4.48. The number of ether oxygens (including phenoxy) is 3. The fourth-order valence-electron chi connectivity index (χ4n) is 9.62. The predicted octanol–water partition coefficient (Wildman–Crippen LogP) is 3.22. The molecule has 5 saturated carbocycles. The quantitative estimate of drug-likeness (QED) is 0.476. The van der Waals surface area contributed by atoms with Crippen molar-refractivity contribution < 1.29 is 28.6 Å². The van der Waals surface area contributed by atoms with Gasteiger partial charge in [-0.2, -0.15) is 0 Å². The van der Waals surface area contributed by atoms with Gasteiger partial charge >= 0.3 is 11.9 Å². The zero-order valence-electron chi connectivity index (χ0n) is 19.9. The molecule has 3 saturated heterocycles. The van der Waals surface area contributed by atoms with Gasteiger partial charge in [0.1, 0.15) is 25.0 Å². The fourth-order valence-corrected chi connectivity index (χ4v) is 9.62. The molecule has 0 aromatic carbocycles. The van der Waals surface area contributed by atoms with Gasteiger partial charge in [-0.25, -0.2) is 0 Å². The van der Waals surface area contributed by atoms with Gasteiger partial charge in [-0.05, 0) is 50.4 Å². The molecule has 3 heterocycles. The summed E-state index contributed by atoms with van der Waals surface area (Å²) in [6, 6.07) is 0. The van der Waals surface area contributed by atoms with E-state index in [0.717, 1.165) is 44.9 Å². The number of carbonyl (C=O) groups is 3. The van der Waals surface area contributed by atoms with E-state index in [9.17, 15) is 14.4 Å². The average molecular weight is 458 g/mol. The lowest BCUT2D eigenvalue weighted by Crippen LogP contribution is -2.85. The van der Waals surface area contributed by atoms with Crippen LogP contribution in [0.2, 0.25) is 0 Å². The lowest BCUT2D eigenvalue weighted by Gasteiger charge is -2.79. The van der Waals surface area contributed by atoms with E-state index in [1.54, 1.807) is 0 Å². The van der Waals surface area contributed by atoms with E-state index in [-0.39, 0.29) is 53.5 Å². The van der Waals surface area contributed by atoms with Gasteiger partial charge in [0.05, 0.1) is 12.0 Å². The van der Waals surface area contributed by atoms with Crippen LogP contribution in [0, 0.1) is 34.0 Å². The molecule has 0 unspecified atom stereocenters. The highest BCUT2D eigenvalue weighted by Crippen LogP contribution is 2.78. The van der Waals surface area contributed by atoms with Gasteiger partial charge in [0.2, 0.25) is 5.91 Å². The molecule has 7 bridgehead atoms. The Labute approximate surface area is 195 Å². The van der Waals surface area contributed by atoms with Crippen LogP contribution < -0.4 is 0 Å². The number of piperidine rings is 1. The van der Waals surface area contributed by atoms with Gasteiger partial charge in [-0.15, -0.1) is 0 Å². The third kappa shape index (κ3) is 2.52. The van der Waals surface area contributed by atoms with E-state index in [1.165, 1.54) is 19.4 Å². The number of fused-ring (bicyclic) bond motifs is 2. The maximum atomic E-state index is 14.0. The monoisotopic (exact) mass is 457 g/mol. The molecule has 8 rings (SSSR count). The molecule has 8 fully saturated rings. The van der Waals surface area contributed by atoms with Crippen LogP contribution in [0.1, 0.15) is 65.7 Å². The second kappa shape index (κ2) is 6.83. The summed E-state index contributed by atoms with van der Waals surface area (Å²) in [6.07, 6.45) is 5.99. The second-order valence-corrected chi connectivity index (χ2v) is 11.8. The maximum Gasteiger partial charge on any atom is 0.303 e. The first-order chi connectivity index (χ1) is 15.6. The maximum absolute atomic E-state index is 14.0. The molecule has 7 heteroatoms. The van der Waals surface area contributed by atoms with Crippen molar-refractivity contribution in [3.63, 3.8) is 0 Å². The number of allylic oxidation sites excluding steroid dienone is 1. The second-order valence-electron chi connectivity index (χ2n) is 11.8. The zero-order chi connectivity index (χ0) is 23.3. The fraction of sp³-hybridized carbons (Fsp3) is 0.808. The van der Waals surface area contributed by atoms with Crippen LogP contribution in [-0.4, -0.2) is 54.3 Å². The van der Waals surface area contributed by atoms with Crippen LogP contribution in [0.15, 0.2) is 12.2 Å².